The number of nitrogens with zero attached hydrogens (tertiary/aromatic N) is 1. The highest BCUT2D eigenvalue weighted by atomic mass is 35.5. The van der Waals surface area contributed by atoms with Gasteiger partial charge in [-0.15, -0.1) is 11.6 Å². The van der Waals surface area contributed by atoms with Crippen LogP contribution >= 0.6 is 23.2 Å². The third-order valence-electron chi connectivity index (χ3n) is 2.59. The summed E-state index contributed by atoms with van der Waals surface area (Å²) >= 11 is 11.2. The lowest BCUT2D eigenvalue weighted by Crippen LogP contribution is -2.37. The molecule has 1 aromatic rings. The Hall–Kier alpha value is -1.17. The van der Waals surface area contributed by atoms with Gasteiger partial charge in [-0.1, -0.05) is 11.6 Å². The van der Waals surface area contributed by atoms with E-state index >= 15 is 0 Å². The molecule has 1 N–H and O–H groups in total. The van der Waals surface area contributed by atoms with Crippen molar-refractivity contribution < 1.29 is 19.1 Å². The molecule has 7 heteroatoms. The average Bonchev–Trinajstić information content (AvgIpc) is 2.60. The molecule has 96 valence electrons. The summed E-state index contributed by atoms with van der Waals surface area (Å²) in [5.41, 5.74) is -0.356. The molecular weight excluding hydrogens is 284 g/mol. The lowest BCUT2D eigenvalue weighted by atomic mass is 10.1. The SMILES string of the molecule is O=C1C(=O)N(CC(O)CCl)c2c(F)ccc(Cl)c21. The van der Waals surface area contributed by atoms with Crippen LogP contribution in [-0.2, 0) is 4.79 Å². The van der Waals surface area contributed by atoms with Crippen LogP contribution in [0.4, 0.5) is 10.1 Å². The zero-order chi connectivity index (χ0) is 13.4. The van der Waals surface area contributed by atoms with Gasteiger partial charge >= 0.3 is 0 Å². The molecule has 0 aromatic heterocycles. The summed E-state index contributed by atoms with van der Waals surface area (Å²) in [7, 11) is 0. The van der Waals surface area contributed by atoms with Gasteiger partial charge in [0.2, 0.25) is 0 Å². The fourth-order valence-electron chi connectivity index (χ4n) is 1.79. The number of carbonyl (C=O) groups excluding carboxylic acids is 2. The smallest absolute Gasteiger partial charge is 0.299 e. The van der Waals surface area contributed by atoms with Crippen LogP contribution in [0.3, 0.4) is 0 Å². The molecule has 18 heavy (non-hydrogen) atoms. The van der Waals surface area contributed by atoms with E-state index < -0.39 is 23.6 Å². The maximum Gasteiger partial charge on any atom is 0.299 e. The predicted octanol–water partition coefficient (Wildman–Crippen LogP) is 1.61. The van der Waals surface area contributed by atoms with Crippen molar-refractivity contribution in [1.29, 1.82) is 0 Å². The molecular formula is C11H8Cl2FNO3. The van der Waals surface area contributed by atoms with Crippen molar-refractivity contribution in [1.82, 2.24) is 0 Å². The molecule has 0 saturated heterocycles. The van der Waals surface area contributed by atoms with Crippen molar-refractivity contribution in [2.45, 2.75) is 6.10 Å². The topological polar surface area (TPSA) is 57.6 Å². The lowest BCUT2D eigenvalue weighted by molar-refractivity contribution is -0.114. The number of hydrogen-bond donors (Lipinski definition) is 1. The van der Waals surface area contributed by atoms with Crippen molar-refractivity contribution in [2.24, 2.45) is 0 Å². The first kappa shape index (κ1) is 13.3. The van der Waals surface area contributed by atoms with Crippen LogP contribution in [-0.4, -0.2) is 35.3 Å². The molecule has 1 aromatic carbocycles. The van der Waals surface area contributed by atoms with E-state index in [2.05, 4.69) is 0 Å². The molecule has 0 fully saturated rings. The van der Waals surface area contributed by atoms with E-state index in [0.717, 1.165) is 11.0 Å². The summed E-state index contributed by atoms with van der Waals surface area (Å²) in [6.07, 6.45) is -1.05. The summed E-state index contributed by atoms with van der Waals surface area (Å²) in [4.78, 5) is 24.3. The van der Waals surface area contributed by atoms with Gasteiger partial charge in [-0.2, -0.15) is 0 Å². The van der Waals surface area contributed by atoms with Crippen LogP contribution in [0.15, 0.2) is 12.1 Å². The molecule has 0 saturated carbocycles. The number of fused-ring (bicyclic) bond motifs is 1. The Morgan fingerprint density at radius 3 is 2.67 bits per heavy atom. The quantitative estimate of drug-likeness (QED) is 0.680. The number of β-amino-alcohol motifs (C(OH)–C–C–N with tert-alkyl or cyclic N) is 1. The molecule has 4 nitrogen and oxygen atoms in total. The van der Waals surface area contributed by atoms with Crippen molar-refractivity contribution in [2.75, 3.05) is 17.3 Å². The summed E-state index contributed by atoms with van der Waals surface area (Å²) < 4.78 is 13.7. The van der Waals surface area contributed by atoms with Crippen LogP contribution in [0.5, 0.6) is 0 Å². The molecule has 1 unspecified atom stereocenters. The van der Waals surface area contributed by atoms with E-state index in [9.17, 15) is 19.1 Å². The molecule has 1 amide bonds. The van der Waals surface area contributed by atoms with E-state index in [0.29, 0.717) is 0 Å². The number of rotatable bonds is 3. The van der Waals surface area contributed by atoms with Crippen LogP contribution in [0.1, 0.15) is 10.4 Å². The zero-order valence-corrected chi connectivity index (χ0v) is 10.5. The monoisotopic (exact) mass is 291 g/mol. The molecule has 0 radical (unpaired) electrons. The first-order valence-electron chi connectivity index (χ1n) is 5.05. The van der Waals surface area contributed by atoms with Gasteiger partial charge in [-0.05, 0) is 12.1 Å². The number of anilines is 1. The zero-order valence-electron chi connectivity index (χ0n) is 8.99. The second-order valence-electron chi connectivity index (χ2n) is 3.81. The third-order valence-corrected chi connectivity index (χ3v) is 3.26. The second-order valence-corrected chi connectivity index (χ2v) is 4.52. The Morgan fingerprint density at radius 1 is 1.39 bits per heavy atom. The summed E-state index contributed by atoms with van der Waals surface area (Å²) in [6, 6.07) is 2.27. The molecule has 1 heterocycles. The highest BCUT2D eigenvalue weighted by Gasteiger charge is 2.40. The molecule has 1 aliphatic heterocycles. The number of Topliss-reactive ketones (excluding diaryl/α,β-unsaturated/α-hetero) is 1. The van der Waals surface area contributed by atoms with E-state index in [1.54, 1.807) is 0 Å². The van der Waals surface area contributed by atoms with E-state index in [1.807, 2.05) is 0 Å². The number of alkyl halides is 1. The molecule has 0 bridgehead atoms. The Kier molecular flexibility index (Phi) is 3.56. The standard InChI is InChI=1S/C11H8Cl2FNO3/c12-3-5(16)4-15-9-7(14)2-1-6(13)8(9)10(17)11(15)18/h1-2,5,16H,3-4H2. The van der Waals surface area contributed by atoms with Crippen molar-refractivity contribution in [3.8, 4) is 0 Å². The van der Waals surface area contributed by atoms with Crippen LogP contribution < -0.4 is 4.90 Å². The Labute approximate surface area is 112 Å². The van der Waals surface area contributed by atoms with Gasteiger partial charge in [0, 0.05) is 0 Å². The Balaban J connectivity index is 2.51. The van der Waals surface area contributed by atoms with E-state index in [4.69, 9.17) is 23.2 Å². The molecule has 2 rings (SSSR count). The molecule has 1 aliphatic rings. The number of benzene rings is 1. The molecule has 1 atom stereocenters. The van der Waals surface area contributed by atoms with Gasteiger partial charge in [0.05, 0.1) is 34.8 Å². The number of aliphatic hydroxyl groups is 1. The second kappa shape index (κ2) is 4.84. The maximum atomic E-state index is 13.7. The minimum absolute atomic E-state index is 0.00705. The average molecular weight is 292 g/mol. The largest absolute Gasteiger partial charge is 0.390 e. The Morgan fingerprint density at radius 2 is 2.06 bits per heavy atom. The third kappa shape index (κ3) is 1.98. The minimum atomic E-state index is -1.05. The fourth-order valence-corrected chi connectivity index (χ4v) is 2.12. The summed E-state index contributed by atoms with van der Waals surface area (Å²) in [5.74, 6) is -2.66. The highest BCUT2D eigenvalue weighted by molar-refractivity contribution is 6.55. The number of amides is 1. The predicted molar refractivity (Wildman–Crippen MR) is 64.8 cm³/mol. The summed E-state index contributed by atoms with van der Waals surface area (Å²) in [5, 5.41) is 9.42. The van der Waals surface area contributed by atoms with Crippen molar-refractivity contribution in [3.63, 3.8) is 0 Å². The number of hydrogen-bond acceptors (Lipinski definition) is 3. The fraction of sp³-hybridized carbons (Fsp3) is 0.273. The summed E-state index contributed by atoms with van der Waals surface area (Å²) in [6.45, 7) is -0.252. The van der Waals surface area contributed by atoms with Crippen molar-refractivity contribution >= 4 is 40.6 Å². The number of carbonyl (C=O) groups is 2. The number of ketones is 1. The molecule has 0 spiro atoms. The van der Waals surface area contributed by atoms with Crippen LogP contribution in [0, 0.1) is 5.82 Å². The van der Waals surface area contributed by atoms with Crippen molar-refractivity contribution in [3.05, 3.63) is 28.5 Å². The lowest BCUT2D eigenvalue weighted by Gasteiger charge is -2.19. The van der Waals surface area contributed by atoms with E-state index in [1.165, 1.54) is 6.07 Å². The minimum Gasteiger partial charge on any atom is -0.390 e. The highest BCUT2D eigenvalue weighted by Crippen LogP contribution is 2.36. The number of halogens is 3. The number of aliphatic hydroxyl groups excluding tert-OH is 1. The van der Waals surface area contributed by atoms with E-state index in [-0.39, 0.29) is 28.7 Å². The van der Waals surface area contributed by atoms with Gasteiger partial charge < -0.3 is 5.11 Å². The van der Waals surface area contributed by atoms with Crippen LogP contribution in [0.25, 0.3) is 0 Å². The van der Waals surface area contributed by atoms with Gasteiger partial charge in [0.1, 0.15) is 5.82 Å². The maximum absolute atomic E-state index is 13.7. The molecule has 0 aliphatic carbocycles. The van der Waals surface area contributed by atoms with Crippen LogP contribution in [0.2, 0.25) is 5.02 Å². The normalized spacial score (nSPS) is 16.1. The first-order chi connectivity index (χ1) is 8.47. The van der Waals surface area contributed by atoms with Gasteiger partial charge in [-0.25, -0.2) is 4.39 Å². The Bertz CT molecular complexity index is 535. The first-order valence-corrected chi connectivity index (χ1v) is 5.96. The van der Waals surface area contributed by atoms with Gasteiger partial charge in [-0.3, -0.25) is 14.5 Å². The van der Waals surface area contributed by atoms with Gasteiger partial charge in [0.25, 0.3) is 11.7 Å². The van der Waals surface area contributed by atoms with Gasteiger partial charge in [0.15, 0.2) is 0 Å².